The highest BCUT2D eigenvalue weighted by molar-refractivity contribution is 5.76. The van der Waals surface area contributed by atoms with Crippen LogP contribution in [0, 0.1) is 11.7 Å². The Labute approximate surface area is 149 Å². The van der Waals surface area contributed by atoms with Crippen LogP contribution in [0.2, 0.25) is 0 Å². The van der Waals surface area contributed by atoms with Crippen LogP contribution in [0.1, 0.15) is 44.2 Å². The molecule has 0 N–H and O–H groups in total. The van der Waals surface area contributed by atoms with E-state index in [-0.39, 0.29) is 17.8 Å². The summed E-state index contributed by atoms with van der Waals surface area (Å²) in [7, 11) is 0. The summed E-state index contributed by atoms with van der Waals surface area (Å²) in [6, 6.07) is 7.01. The molecule has 3 rings (SSSR count). The second-order valence-corrected chi connectivity index (χ2v) is 7.24. The van der Waals surface area contributed by atoms with Crippen molar-refractivity contribution in [3.63, 3.8) is 0 Å². The van der Waals surface area contributed by atoms with E-state index in [0.717, 1.165) is 57.8 Å². The molecule has 25 heavy (non-hydrogen) atoms. The molecule has 0 aromatic heterocycles. The average molecular weight is 348 g/mol. The highest BCUT2D eigenvalue weighted by Gasteiger charge is 2.26. The van der Waals surface area contributed by atoms with Gasteiger partial charge in [-0.25, -0.2) is 4.39 Å². The van der Waals surface area contributed by atoms with E-state index in [2.05, 4.69) is 4.90 Å². The Kier molecular flexibility index (Phi) is 6.43. The van der Waals surface area contributed by atoms with Gasteiger partial charge in [-0.15, -0.1) is 0 Å². The van der Waals surface area contributed by atoms with E-state index in [1.165, 1.54) is 12.5 Å². The first-order valence-electron chi connectivity index (χ1n) is 9.49. The van der Waals surface area contributed by atoms with Gasteiger partial charge in [0.15, 0.2) is 0 Å². The van der Waals surface area contributed by atoms with Gasteiger partial charge in [0, 0.05) is 57.4 Å². The van der Waals surface area contributed by atoms with Gasteiger partial charge in [0.05, 0.1) is 0 Å². The number of piperazine rings is 1. The lowest BCUT2D eigenvalue weighted by atomic mass is 9.96. The van der Waals surface area contributed by atoms with E-state index < -0.39 is 0 Å². The van der Waals surface area contributed by atoms with Crippen molar-refractivity contribution in [2.75, 3.05) is 39.4 Å². The first kappa shape index (κ1) is 18.3. The summed E-state index contributed by atoms with van der Waals surface area (Å²) in [5, 5.41) is 0. The van der Waals surface area contributed by atoms with Crippen molar-refractivity contribution < 1.29 is 13.9 Å². The number of hydrogen-bond acceptors (Lipinski definition) is 3. The van der Waals surface area contributed by atoms with Crippen LogP contribution in [0.25, 0.3) is 0 Å². The average Bonchev–Trinajstić information content (AvgIpc) is 2.67. The van der Waals surface area contributed by atoms with Gasteiger partial charge in [0.2, 0.25) is 5.91 Å². The van der Waals surface area contributed by atoms with Crippen LogP contribution in [-0.4, -0.2) is 55.1 Å². The van der Waals surface area contributed by atoms with Crippen LogP contribution in [-0.2, 0) is 9.53 Å². The number of ether oxygens (including phenoxy) is 1. The normalized spacial score (nSPS) is 23.4. The summed E-state index contributed by atoms with van der Waals surface area (Å²) in [6.45, 7) is 6.78. The van der Waals surface area contributed by atoms with Gasteiger partial charge >= 0.3 is 0 Å². The fourth-order valence-corrected chi connectivity index (χ4v) is 3.89. The second-order valence-electron chi connectivity index (χ2n) is 7.24. The standard InChI is InChI=1S/C20H29FN2O2/c1-16(18-6-2-3-7-19(18)21)22-10-12-23(13-11-22)20(24)9-8-17-5-4-14-25-15-17/h2-3,6-7,16-17H,4-5,8-15H2,1H3/t16-,17-/m0/s1. The summed E-state index contributed by atoms with van der Waals surface area (Å²) >= 11 is 0. The largest absolute Gasteiger partial charge is 0.381 e. The van der Waals surface area contributed by atoms with Crippen LogP contribution in [0.3, 0.4) is 0 Å². The molecule has 2 aliphatic heterocycles. The van der Waals surface area contributed by atoms with Gasteiger partial charge in [0.25, 0.3) is 0 Å². The van der Waals surface area contributed by atoms with E-state index in [1.807, 2.05) is 24.0 Å². The molecule has 1 aromatic carbocycles. The predicted octanol–water partition coefficient (Wildman–Crippen LogP) is 3.24. The van der Waals surface area contributed by atoms with Crippen molar-refractivity contribution in [1.82, 2.24) is 9.80 Å². The summed E-state index contributed by atoms with van der Waals surface area (Å²) in [5.41, 5.74) is 0.736. The lowest BCUT2D eigenvalue weighted by molar-refractivity contribution is -0.133. The SMILES string of the molecule is C[C@@H](c1ccccc1F)N1CCN(C(=O)CC[C@@H]2CCCOC2)CC1. The molecule has 1 aromatic rings. The van der Waals surface area contributed by atoms with Crippen LogP contribution in [0.15, 0.2) is 24.3 Å². The highest BCUT2D eigenvalue weighted by Crippen LogP contribution is 2.24. The van der Waals surface area contributed by atoms with Crippen molar-refractivity contribution >= 4 is 5.91 Å². The van der Waals surface area contributed by atoms with Crippen LogP contribution in [0.4, 0.5) is 4.39 Å². The zero-order valence-corrected chi connectivity index (χ0v) is 15.1. The monoisotopic (exact) mass is 348 g/mol. The smallest absolute Gasteiger partial charge is 0.222 e. The second kappa shape index (κ2) is 8.77. The number of rotatable bonds is 5. The van der Waals surface area contributed by atoms with E-state index in [0.29, 0.717) is 12.3 Å². The minimum Gasteiger partial charge on any atom is -0.381 e. The zero-order chi connectivity index (χ0) is 17.6. The van der Waals surface area contributed by atoms with Crippen molar-refractivity contribution in [3.8, 4) is 0 Å². The minimum absolute atomic E-state index is 0.0397. The van der Waals surface area contributed by atoms with E-state index in [1.54, 1.807) is 6.07 Å². The molecule has 0 saturated carbocycles. The minimum atomic E-state index is -0.150. The quantitative estimate of drug-likeness (QED) is 0.819. The molecule has 5 heteroatoms. The molecule has 2 saturated heterocycles. The maximum absolute atomic E-state index is 14.0. The molecule has 4 nitrogen and oxygen atoms in total. The lowest BCUT2D eigenvalue weighted by Gasteiger charge is -2.38. The number of amides is 1. The molecule has 2 aliphatic rings. The molecule has 2 heterocycles. The van der Waals surface area contributed by atoms with Gasteiger partial charge in [-0.1, -0.05) is 18.2 Å². The topological polar surface area (TPSA) is 32.8 Å². The van der Waals surface area contributed by atoms with Crippen molar-refractivity contribution in [2.24, 2.45) is 5.92 Å². The Morgan fingerprint density at radius 3 is 2.72 bits per heavy atom. The number of benzene rings is 1. The van der Waals surface area contributed by atoms with Gasteiger partial charge in [-0.05, 0) is 38.2 Å². The van der Waals surface area contributed by atoms with E-state index in [9.17, 15) is 9.18 Å². The highest BCUT2D eigenvalue weighted by atomic mass is 19.1. The van der Waals surface area contributed by atoms with Gasteiger partial charge in [0.1, 0.15) is 5.82 Å². The van der Waals surface area contributed by atoms with E-state index >= 15 is 0 Å². The first-order valence-corrected chi connectivity index (χ1v) is 9.49. The molecule has 0 bridgehead atoms. The third-order valence-corrected chi connectivity index (χ3v) is 5.59. The maximum atomic E-state index is 14.0. The summed E-state index contributed by atoms with van der Waals surface area (Å²) in [4.78, 5) is 16.7. The third-order valence-electron chi connectivity index (χ3n) is 5.59. The number of carbonyl (C=O) groups is 1. The molecule has 0 unspecified atom stereocenters. The fraction of sp³-hybridized carbons (Fsp3) is 0.650. The number of halogens is 1. The third kappa shape index (κ3) is 4.79. The zero-order valence-electron chi connectivity index (χ0n) is 15.1. The first-order chi connectivity index (χ1) is 12.1. The van der Waals surface area contributed by atoms with Crippen molar-refractivity contribution in [1.29, 1.82) is 0 Å². The van der Waals surface area contributed by atoms with Gasteiger partial charge in [-0.3, -0.25) is 9.69 Å². The molecule has 0 aliphatic carbocycles. The Morgan fingerprint density at radius 1 is 1.28 bits per heavy atom. The molecule has 1 amide bonds. The van der Waals surface area contributed by atoms with Crippen LogP contribution >= 0.6 is 0 Å². The Bertz CT molecular complexity index is 567. The lowest BCUT2D eigenvalue weighted by Crippen LogP contribution is -2.49. The summed E-state index contributed by atoms with van der Waals surface area (Å²) in [6.07, 6.45) is 3.86. The number of nitrogens with zero attached hydrogens (tertiary/aromatic N) is 2. The van der Waals surface area contributed by atoms with Gasteiger partial charge in [-0.2, -0.15) is 0 Å². The predicted molar refractivity (Wildman–Crippen MR) is 95.7 cm³/mol. The van der Waals surface area contributed by atoms with Crippen molar-refractivity contribution in [3.05, 3.63) is 35.6 Å². The van der Waals surface area contributed by atoms with Crippen LogP contribution < -0.4 is 0 Å². The number of carbonyl (C=O) groups excluding carboxylic acids is 1. The molecular formula is C20H29FN2O2. The molecular weight excluding hydrogens is 319 g/mol. The molecule has 138 valence electrons. The Morgan fingerprint density at radius 2 is 2.04 bits per heavy atom. The molecule has 0 radical (unpaired) electrons. The van der Waals surface area contributed by atoms with E-state index in [4.69, 9.17) is 4.74 Å². The molecule has 2 fully saturated rings. The number of hydrogen-bond donors (Lipinski definition) is 0. The summed E-state index contributed by atoms with van der Waals surface area (Å²) < 4.78 is 19.5. The maximum Gasteiger partial charge on any atom is 0.222 e. The Balaban J connectivity index is 1.44. The fourth-order valence-electron chi connectivity index (χ4n) is 3.89. The van der Waals surface area contributed by atoms with Crippen molar-refractivity contribution in [2.45, 2.75) is 38.6 Å². The molecule has 0 spiro atoms. The molecule has 2 atom stereocenters. The van der Waals surface area contributed by atoms with Crippen LogP contribution in [0.5, 0.6) is 0 Å². The van der Waals surface area contributed by atoms with Gasteiger partial charge < -0.3 is 9.64 Å². The summed E-state index contributed by atoms with van der Waals surface area (Å²) in [5.74, 6) is 0.645. The Hall–Kier alpha value is -1.46.